The van der Waals surface area contributed by atoms with E-state index < -0.39 is 10.0 Å². The summed E-state index contributed by atoms with van der Waals surface area (Å²) in [5.74, 6) is 1.74. The van der Waals surface area contributed by atoms with E-state index in [-0.39, 0.29) is 5.75 Å². The van der Waals surface area contributed by atoms with E-state index in [2.05, 4.69) is 20.2 Å². The van der Waals surface area contributed by atoms with Crippen molar-refractivity contribution in [1.29, 1.82) is 0 Å². The summed E-state index contributed by atoms with van der Waals surface area (Å²) in [6.45, 7) is 9.08. The van der Waals surface area contributed by atoms with Crippen LogP contribution in [0.2, 0.25) is 0 Å². The van der Waals surface area contributed by atoms with Crippen molar-refractivity contribution in [3.8, 4) is 0 Å². The van der Waals surface area contributed by atoms with Gasteiger partial charge in [0.2, 0.25) is 16.0 Å². The highest BCUT2D eigenvalue weighted by Gasteiger charge is 2.27. The van der Waals surface area contributed by atoms with Crippen LogP contribution in [0.3, 0.4) is 0 Å². The van der Waals surface area contributed by atoms with Gasteiger partial charge in [0.05, 0.1) is 5.75 Å². The van der Waals surface area contributed by atoms with Crippen molar-refractivity contribution in [1.82, 2.24) is 14.3 Å². The highest BCUT2D eigenvalue weighted by molar-refractivity contribution is 7.89. The lowest BCUT2D eigenvalue weighted by atomic mass is 10.3. The number of nitrogens with one attached hydrogen (secondary N) is 1. The van der Waals surface area contributed by atoms with Crippen molar-refractivity contribution < 1.29 is 8.42 Å². The van der Waals surface area contributed by atoms with Gasteiger partial charge in [0.15, 0.2) is 0 Å². The number of aromatic nitrogens is 2. The van der Waals surface area contributed by atoms with Crippen molar-refractivity contribution in [2.45, 2.75) is 33.6 Å². The van der Waals surface area contributed by atoms with Gasteiger partial charge in [-0.05, 0) is 20.3 Å². The second-order valence-electron chi connectivity index (χ2n) is 5.78. The number of hydrogen-bond acceptors (Lipinski definition) is 6. The zero-order valence-corrected chi connectivity index (χ0v) is 15.1. The van der Waals surface area contributed by atoms with Gasteiger partial charge in [-0.15, -0.1) is 0 Å². The third-order valence-electron chi connectivity index (χ3n) is 3.89. The third-order valence-corrected chi connectivity index (χ3v) is 5.84. The van der Waals surface area contributed by atoms with Gasteiger partial charge in [-0.25, -0.2) is 13.4 Å². The maximum absolute atomic E-state index is 12.3. The second-order valence-corrected chi connectivity index (χ2v) is 7.87. The number of piperazine rings is 1. The van der Waals surface area contributed by atoms with Crippen molar-refractivity contribution in [2.24, 2.45) is 0 Å². The Morgan fingerprint density at radius 3 is 2.48 bits per heavy atom. The zero-order chi connectivity index (χ0) is 16.9. The lowest BCUT2D eigenvalue weighted by Gasteiger charge is -2.34. The van der Waals surface area contributed by atoms with Crippen LogP contribution in [-0.4, -0.2) is 61.2 Å². The molecule has 0 atom stereocenters. The molecule has 130 valence electrons. The Bertz CT molecular complexity index is 612. The first-order chi connectivity index (χ1) is 11.0. The van der Waals surface area contributed by atoms with E-state index in [0.717, 1.165) is 30.9 Å². The van der Waals surface area contributed by atoms with Crippen LogP contribution >= 0.6 is 0 Å². The lowest BCUT2D eigenvalue weighted by Crippen LogP contribution is -2.49. The predicted molar refractivity (Wildman–Crippen MR) is 93.4 cm³/mol. The molecule has 2 heterocycles. The van der Waals surface area contributed by atoms with Crippen LogP contribution in [0.15, 0.2) is 6.07 Å². The summed E-state index contributed by atoms with van der Waals surface area (Å²) in [7, 11) is -3.11. The number of hydrogen-bond donors (Lipinski definition) is 1. The molecule has 1 N–H and O–H groups in total. The van der Waals surface area contributed by atoms with Crippen LogP contribution in [0.5, 0.6) is 0 Å². The van der Waals surface area contributed by atoms with Crippen LogP contribution in [-0.2, 0) is 10.0 Å². The molecule has 0 bridgehead atoms. The average Bonchev–Trinajstić information content (AvgIpc) is 2.53. The van der Waals surface area contributed by atoms with Crippen molar-refractivity contribution >= 4 is 21.8 Å². The maximum atomic E-state index is 12.3. The molecule has 0 amide bonds. The SMILES string of the molecule is CCCCS(=O)(=O)N1CCN(c2cc(C)nc(NCC)n2)CC1. The van der Waals surface area contributed by atoms with E-state index in [1.54, 1.807) is 4.31 Å². The smallest absolute Gasteiger partial charge is 0.224 e. The van der Waals surface area contributed by atoms with Crippen molar-refractivity contribution in [3.05, 3.63) is 11.8 Å². The molecule has 1 aromatic rings. The maximum Gasteiger partial charge on any atom is 0.224 e. The van der Waals surface area contributed by atoms with Crippen molar-refractivity contribution in [2.75, 3.05) is 48.7 Å². The Hall–Kier alpha value is -1.41. The number of unbranched alkanes of at least 4 members (excludes halogenated alkanes) is 1. The first-order valence-electron chi connectivity index (χ1n) is 8.28. The van der Waals surface area contributed by atoms with E-state index >= 15 is 0 Å². The van der Waals surface area contributed by atoms with Crippen LogP contribution in [0.25, 0.3) is 0 Å². The molecule has 2 rings (SSSR count). The van der Waals surface area contributed by atoms with E-state index in [4.69, 9.17) is 0 Å². The fourth-order valence-electron chi connectivity index (χ4n) is 2.60. The molecule has 1 aliphatic heterocycles. The van der Waals surface area contributed by atoms with Crippen LogP contribution in [0, 0.1) is 6.92 Å². The summed E-state index contributed by atoms with van der Waals surface area (Å²) in [6, 6.07) is 1.95. The summed E-state index contributed by atoms with van der Waals surface area (Å²) in [4.78, 5) is 11.0. The quantitative estimate of drug-likeness (QED) is 0.809. The molecule has 1 aliphatic rings. The number of nitrogens with zero attached hydrogens (tertiary/aromatic N) is 4. The van der Waals surface area contributed by atoms with E-state index in [0.29, 0.717) is 32.1 Å². The first kappa shape index (κ1) is 17.9. The number of rotatable bonds is 7. The highest BCUT2D eigenvalue weighted by Crippen LogP contribution is 2.18. The minimum atomic E-state index is -3.11. The Labute approximate surface area is 139 Å². The molecule has 1 saturated heterocycles. The average molecular weight is 341 g/mol. The molecule has 1 aromatic heterocycles. The topological polar surface area (TPSA) is 78.4 Å². The Morgan fingerprint density at radius 2 is 1.87 bits per heavy atom. The molecule has 0 saturated carbocycles. The Kier molecular flexibility index (Phi) is 6.17. The summed E-state index contributed by atoms with van der Waals surface area (Å²) >= 11 is 0. The molecule has 0 spiro atoms. The minimum absolute atomic E-state index is 0.251. The fourth-order valence-corrected chi connectivity index (χ4v) is 4.23. The lowest BCUT2D eigenvalue weighted by molar-refractivity contribution is 0.383. The molecular weight excluding hydrogens is 314 g/mol. The monoisotopic (exact) mass is 341 g/mol. The third kappa shape index (κ3) is 4.78. The standard InChI is InChI=1S/C15H27N5O2S/c1-4-6-11-23(21,22)20-9-7-19(8-10-20)14-12-13(3)17-15(18-14)16-5-2/h12H,4-11H2,1-3H3,(H,16,17,18). The molecule has 7 nitrogen and oxygen atoms in total. The molecular formula is C15H27N5O2S. The molecule has 0 radical (unpaired) electrons. The minimum Gasteiger partial charge on any atom is -0.354 e. The van der Waals surface area contributed by atoms with Crippen molar-refractivity contribution in [3.63, 3.8) is 0 Å². The molecule has 0 aliphatic carbocycles. The number of aryl methyl sites for hydroxylation is 1. The van der Waals surface area contributed by atoms with Gasteiger partial charge < -0.3 is 10.2 Å². The fraction of sp³-hybridized carbons (Fsp3) is 0.733. The molecule has 0 unspecified atom stereocenters. The first-order valence-corrected chi connectivity index (χ1v) is 9.89. The van der Waals surface area contributed by atoms with E-state index in [9.17, 15) is 8.42 Å². The van der Waals surface area contributed by atoms with Gasteiger partial charge in [0.25, 0.3) is 0 Å². The largest absolute Gasteiger partial charge is 0.354 e. The van der Waals surface area contributed by atoms with E-state index in [1.807, 2.05) is 26.8 Å². The summed E-state index contributed by atoms with van der Waals surface area (Å²) in [6.07, 6.45) is 1.62. The predicted octanol–water partition coefficient (Wildman–Crippen LogP) is 1.47. The molecule has 23 heavy (non-hydrogen) atoms. The summed E-state index contributed by atoms with van der Waals surface area (Å²) in [5, 5.41) is 3.13. The highest BCUT2D eigenvalue weighted by atomic mass is 32.2. The van der Waals surface area contributed by atoms with Crippen LogP contribution < -0.4 is 10.2 Å². The number of anilines is 2. The van der Waals surface area contributed by atoms with Gasteiger partial charge in [-0.2, -0.15) is 9.29 Å². The second kappa shape index (κ2) is 7.92. The van der Waals surface area contributed by atoms with Gasteiger partial charge in [0.1, 0.15) is 5.82 Å². The van der Waals surface area contributed by atoms with Gasteiger partial charge in [-0.1, -0.05) is 13.3 Å². The van der Waals surface area contributed by atoms with Gasteiger partial charge >= 0.3 is 0 Å². The van der Waals surface area contributed by atoms with Gasteiger partial charge in [0, 0.05) is 44.5 Å². The Morgan fingerprint density at radius 1 is 1.17 bits per heavy atom. The summed E-state index contributed by atoms with van der Waals surface area (Å²) < 4.78 is 26.1. The number of sulfonamides is 1. The van der Waals surface area contributed by atoms with E-state index in [1.165, 1.54) is 0 Å². The summed E-state index contributed by atoms with van der Waals surface area (Å²) in [5.41, 5.74) is 0.906. The zero-order valence-electron chi connectivity index (χ0n) is 14.2. The molecule has 0 aromatic carbocycles. The molecule has 1 fully saturated rings. The van der Waals surface area contributed by atoms with Crippen LogP contribution in [0.1, 0.15) is 32.4 Å². The Balaban J connectivity index is 2.02. The van der Waals surface area contributed by atoms with Gasteiger partial charge in [-0.3, -0.25) is 0 Å². The molecule has 8 heteroatoms. The van der Waals surface area contributed by atoms with Crippen LogP contribution in [0.4, 0.5) is 11.8 Å². The normalized spacial score (nSPS) is 16.6.